The Morgan fingerprint density at radius 1 is 1.17 bits per heavy atom. The molecule has 2 aliphatic heterocycles. The van der Waals surface area contributed by atoms with Crippen LogP contribution >= 0.6 is 0 Å². The van der Waals surface area contributed by atoms with Crippen LogP contribution in [0.5, 0.6) is 0 Å². The smallest absolute Gasteiger partial charge is 0.399 e. The highest BCUT2D eigenvalue weighted by molar-refractivity contribution is 6.62. The van der Waals surface area contributed by atoms with E-state index in [1.165, 1.54) is 18.2 Å². The Labute approximate surface area is 177 Å². The van der Waals surface area contributed by atoms with Gasteiger partial charge in [0.15, 0.2) is 0 Å². The van der Waals surface area contributed by atoms with Gasteiger partial charge in [-0.3, -0.25) is 4.79 Å². The second kappa shape index (κ2) is 8.19. The van der Waals surface area contributed by atoms with E-state index in [4.69, 9.17) is 9.31 Å². The Morgan fingerprint density at radius 2 is 1.80 bits per heavy atom. The van der Waals surface area contributed by atoms with Crippen LogP contribution in [0, 0.1) is 0 Å². The monoisotopic (exact) mass is 425 g/mol. The summed E-state index contributed by atoms with van der Waals surface area (Å²) in [6.45, 7) is 9.67. The van der Waals surface area contributed by atoms with Crippen LogP contribution in [-0.4, -0.2) is 41.7 Å². The third-order valence-electron chi connectivity index (χ3n) is 6.63. The summed E-state index contributed by atoms with van der Waals surface area (Å²) in [7, 11) is -1.19. The standard InChI is InChI=1S/C22H31BF3NO3/c1-6-10-15-11-7-8-14-27(15)19(28)16-12-9-13-17(18(16)22(24,25)26)23-29-20(2,3)21(4,5)30-23/h9,12-13,15H,6-8,10-11,14H2,1-5H3/t15-/m1/s1. The fourth-order valence-corrected chi connectivity index (χ4v) is 4.29. The Bertz CT molecular complexity index is 776. The first-order valence-corrected chi connectivity index (χ1v) is 10.8. The van der Waals surface area contributed by atoms with Crippen molar-refractivity contribution in [2.24, 2.45) is 0 Å². The van der Waals surface area contributed by atoms with Gasteiger partial charge in [-0.2, -0.15) is 13.2 Å². The fraction of sp³-hybridized carbons (Fsp3) is 0.682. The van der Waals surface area contributed by atoms with Gasteiger partial charge in [-0.15, -0.1) is 0 Å². The molecule has 2 saturated heterocycles. The van der Waals surface area contributed by atoms with Crippen LogP contribution in [0.2, 0.25) is 0 Å². The molecule has 0 bridgehead atoms. The summed E-state index contributed by atoms with van der Waals surface area (Å²) in [6.07, 6.45) is -0.392. The zero-order chi connectivity index (χ0) is 22.3. The number of hydrogen-bond donors (Lipinski definition) is 0. The highest BCUT2D eigenvalue weighted by Crippen LogP contribution is 2.39. The van der Waals surface area contributed by atoms with E-state index >= 15 is 0 Å². The largest absolute Gasteiger partial charge is 0.495 e. The van der Waals surface area contributed by atoms with Crippen LogP contribution in [-0.2, 0) is 15.5 Å². The van der Waals surface area contributed by atoms with E-state index in [0.29, 0.717) is 6.54 Å². The van der Waals surface area contributed by atoms with Gasteiger partial charge in [-0.05, 0) is 64.9 Å². The molecule has 1 aromatic rings. The lowest BCUT2D eigenvalue weighted by Crippen LogP contribution is -2.46. The van der Waals surface area contributed by atoms with Crippen LogP contribution in [0.3, 0.4) is 0 Å². The van der Waals surface area contributed by atoms with Gasteiger partial charge in [-0.1, -0.05) is 25.5 Å². The second-order valence-corrected chi connectivity index (χ2v) is 9.29. The van der Waals surface area contributed by atoms with E-state index in [-0.39, 0.29) is 17.1 Å². The molecule has 2 heterocycles. The summed E-state index contributed by atoms with van der Waals surface area (Å²) < 4.78 is 54.5. The molecule has 166 valence electrons. The molecule has 0 radical (unpaired) electrons. The number of alkyl halides is 3. The lowest BCUT2D eigenvalue weighted by molar-refractivity contribution is -0.137. The summed E-state index contributed by atoms with van der Waals surface area (Å²) in [5.41, 5.74) is -2.97. The SMILES string of the molecule is CCC[C@@H]1CCCCN1C(=O)c1cccc(B2OC(C)(C)C(C)(C)O2)c1C(F)(F)F. The number of carbonyl (C=O) groups is 1. The quantitative estimate of drug-likeness (QED) is 0.651. The summed E-state index contributed by atoms with van der Waals surface area (Å²) in [4.78, 5) is 14.9. The molecule has 8 heteroatoms. The van der Waals surface area contributed by atoms with E-state index < -0.39 is 36.0 Å². The van der Waals surface area contributed by atoms with Gasteiger partial charge >= 0.3 is 13.3 Å². The summed E-state index contributed by atoms with van der Waals surface area (Å²) in [5.74, 6) is -0.557. The molecule has 0 spiro atoms. The van der Waals surface area contributed by atoms with Crippen molar-refractivity contribution >= 4 is 18.5 Å². The average molecular weight is 425 g/mol. The Hall–Kier alpha value is -1.54. The van der Waals surface area contributed by atoms with Gasteiger partial charge < -0.3 is 14.2 Å². The number of amides is 1. The molecule has 30 heavy (non-hydrogen) atoms. The maximum Gasteiger partial charge on any atom is 0.495 e. The zero-order valence-corrected chi connectivity index (χ0v) is 18.4. The van der Waals surface area contributed by atoms with E-state index in [0.717, 1.165) is 32.1 Å². The van der Waals surface area contributed by atoms with E-state index in [1.807, 2.05) is 6.92 Å². The Balaban J connectivity index is 2.04. The van der Waals surface area contributed by atoms with Crippen LogP contribution in [0.25, 0.3) is 0 Å². The first-order valence-electron chi connectivity index (χ1n) is 10.8. The topological polar surface area (TPSA) is 38.8 Å². The molecule has 1 aromatic carbocycles. The average Bonchev–Trinajstić information content (AvgIpc) is 2.88. The number of carbonyl (C=O) groups excluding carboxylic acids is 1. The van der Waals surface area contributed by atoms with Crippen molar-refractivity contribution in [1.29, 1.82) is 0 Å². The molecule has 3 rings (SSSR count). The molecule has 0 saturated carbocycles. The van der Waals surface area contributed by atoms with E-state index in [9.17, 15) is 18.0 Å². The van der Waals surface area contributed by atoms with Crippen molar-refractivity contribution in [3.8, 4) is 0 Å². The second-order valence-electron chi connectivity index (χ2n) is 9.29. The van der Waals surface area contributed by atoms with Crippen LogP contribution in [0.1, 0.15) is 82.6 Å². The third-order valence-corrected chi connectivity index (χ3v) is 6.63. The highest BCUT2D eigenvalue weighted by Gasteiger charge is 2.54. The van der Waals surface area contributed by atoms with Crippen molar-refractivity contribution in [2.75, 3.05) is 6.54 Å². The third kappa shape index (κ3) is 4.26. The lowest BCUT2D eigenvalue weighted by atomic mass is 9.74. The number of benzene rings is 1. The van der Waals surface area contributed by atoms with Crippen molar-refractivity contribution < 1.29 is 27.3 Å². The first-order chi connectivity index (χ1) is 13.9. The van der Waals surface area contributed by atoms with Crippen LogP contribution in [0.4, 0.5) is 13.2 Å². The predicted octanol–water partition coefficient (Wildman–Crippen LogP) is 4.80. The highest BCUT2D eigenvalue weighted by atomic mass is 19.4. The summed E-state index contributed by atoms with van der Waals surface area (Å²) in [6, 6.07) is 4.10. The van der Waals surface area contributed by atoms with Crippen LogP contribution in [0.15, 0.2) is 18.2 Å². The molecular weight excluding hydrogens is 394 g/mol. The molecule has 0 aromatic heterocycles. The molecule has 4 nitrogen and oxygen atoms in total. The molecular formula is C22H31BF3NO3. The number of halogens is 3. The minimum Gasteiger partial charge on any atom is -0.399 e. The van der Waals surface area contributed by atoms with Gasteiger partial charge in [-0.25, -0.2) is 0 Å². The number of piperidine rings is 1. The number of hydrogen-bond acceptors (Lipinski definition) is 3. The molecule has 0 unspecified atom stereocenters. The molecule has 1 amide bonds. The van der Waals surface area contributed by atoms with E-state index in [1.54, 1.807) is 32.6 Å². The van der Waals surface area contributed by atoms with Gasteiger partial charge in [0.25, 0.3) is 5.91 Å². The van der Waals surface area contributed by atoms with Crippen LogP contribution < -0.4 is 5.46 Å². The van der Waals surface area contributed by atoms with Gasteiger partial charge in [0.1, 0.15) is 0 Å². The molecule has 0 aliphatic carbocycles. The predicted molar refractivity (Wildman–Crippen MR) is 111 cm³/mol. The van der Waals surface area contributed by atoms with Gasteiger partial charge in [0.2, 0.25) is 0 Å². The number of rotatable bonds is 4. The lowest BCUT2D eigenvalue weighted by Gasteiger charge is -2.36. The van der Waals surface area contributed by atoms with Crippen molar-refractivity contribution in [1.82, 2.24) is 4.90 Å². The van der Waals surface area contributed by atoms with Crippen molar-refractivity contribution in [3.05, 3.63) is 29.3 Å². The zero-order valence-electron chi connectivity index (χ0n) is 18.4. The molecule has 1 atom stereocenters. The molecule has 0 N–H and O–H groups in total. The maximum atomic E-state index is 14.2. The van der Waals surface area contributed by atoms with E-state index in [2.05, 4.69) is 0 Å². The molecule has 2 aliphatic rings. The number of likely N-dealkylation sites (tertiary alicyclic amines) is 1. The normalized spacial score (nSPS) is 23.7. The summed E-state index contributed by atoms with van der Waals surface area (Å²) >= 11 is 0. The Morgan fingerprint density at radius 3 is 2.37 bits per heavy atom. The molecule has 2 fully saturated rings. The minimum atomic E-state index is -4.71. The minimum absolute atomic E-state index is 0.0159. The van der Waals surface area contributed by atoms with Gasteiger partial charge in [0.05, 0.1) is 22.3 Å². The Kier molecular flexibility index (Phi) is 6.32. The maximum absolute atomic E-state index is 14.2. The van der Waals surface area contributed by atoms with Crippen molar-refractivity contribution in [3.63, 3.8) is 0 Å². The summed E-state index contributed by atoms with van der Waals surface area (Å²) in [5, 5.41) is 0. The fourth-order valence-electron chi connectivity index (χ4n) is 4.29. The number of nitrogens with zero attached hydrogens (tertiary/aromatic N) is 1. The van der Waals surface area contributed by atoms with Crippen molar-refractivity contribution in [2.45, 2.75) is 90.1 Å². The first kappa shape index (κ1) is 23.1. The van der Waals surface area contributed by atoms with Gasteiger partial charge in [0, 0.05) is 12.6 Å².